The predicted molar refractivity (Wildman–Crippen MR) is 87.7 cm³/mol. The number of rotatable bonds is 5. The van der Waals surface area contributed by atoms with Crippen molar-refractivity contribution < 1.29 is 9.53 Å². The lowest BCUT2D eigenvalue weighted by Crippen LogP contribution is -2.23. The number of benzene rings is 2. The summed E-state index contributed by atoms with van der Waals surface area (Å²) in [6, 6.07) is 16.9. The van der Waals surface area contributed by atoms with Gasteiger partial charge in [-0.1, -0.05) is 24.3 Å². The van der Waals surface area contributed by atoms with E-state index < -0.39 is 0 Å². The molecule has 5 heteroatoms. The number of amides is 1. The minimum atomic E-state index is -0.160. The molecule has 0 aliphatic carbocycles. The van der Waals surface area contributed by atoms with E-state index in [1.807, 2.05) is 48.7 Å². The molecule has 0 aliphatic heterocycles. The molecule has 1 heterocycles. The average Bonchev–Trinajstić information content (AvgIpc) is 3.14. The molecule has 0 atom stereocenters. The predicted octanol–water partition coefficient (Wildman–Crippen LogP) is 2.81. The maximum absolute atomic E-state index is 12.3. The summed E-state index contributed by atoms with van der Waals surface area (Å²) in [5.41, 5.74) is 2.48. The summed E-state index contributed by atoms with van der Waals surface area (Å²) in [5.74, 6) is 0.405. The molecule has 1 N–H and O–H groups in total. The summed E-state index contributed by atoms with van der Waals surface area (Å²) in [7, 11) is 1.56. The van der Waals surface area contributed by atoms with Gasteiger partial charge in [-0.2, -0.15) is 5.10 Å². The zero-order valence-corrected chi connectivity index (χ0v) is 12.8. The topological polar surface area (TPSA) is 56.1 Å². The summed E-state index contributed by atoms with van der Waals surface area (Å²) < 4.78 is 7.00. The summed E-state index contributed by atoms with van der Waals surface area (Å²) in [6.07, 6.45) is 3.61. The van der Waals surface area contributed by atoms with Gasteiger partial charge < -0.3 is 10.1 Å². The number of para-hydroxylation sites is 1. The normalized spacial score (nSPS) is 10.3. The van der Waals surface area contributed by atoms with E-state index in [4.69, 9.17) is 4.74 Å². The molecule has 1 amide bonds. The molecular weight excluding hydrogens is 290 g/mol. The van der Waals surface area contributed by atoms with E-state index in [2.05, 4.69) is 10.4 Å². The van der Waals surface area contributed by atoms with Gasteiger partial charge in [-0.25, -0.2) is 4.68 Å². The quantitative estimate of drug-likeness (QED) is 0.788. The second-order valence-electron chi connectivity index (χ2n) is 5.00. The van der Waals surface area contributed by atoms with Gasteiger partial charge in [0, 0.05) is 18.9 Å². The Balaban J connectivity index is 1.71. The highest BCUT2D eigenvalue weighted by molar-refractivity contribution is 5.96. The molecule has 3 rings (SSSR count). The van der Waals surface area contributed by atoms with Crippen LogP contribution in [0.1, 0.15) is 15.9 Å². The number of aromatic nitrogens is 2. The number of carbonyl (C=O) groups is 1. The van der Waals surface area contributed by atoms with Gasteiger partial charge in [-0.05, 0) is 35.9 Å². The first-order valence-corrected chi connectivity index (χ1v) is 7.28. The van der Waals surface area contributed by atoms with Crippen molar-refractivity contribution >= 4 is 5.91 Å². The molecule has 0 bridgehead atoms. The van der Waals surface area contributed by atoms with Crippen LogP contribution < -0.4 is 10.1 Å². The van der Waals surface area contributed by atoms with Crippen LogP contribution in [0.4, 0.5) is 0 Å². The van der Waals surface area contributed by atoms with Crippen LogP contribution in [0.2, 0.25) is 0 Å². The van der Waals surface area contributed by atoms with Crippen LogP contribution in [0.15, 0.2) is 67.0 Å². The van der Waals surface area contributed by atoms with Crippen LogP contribution in [0.5, 0.6) is 5.75 Å². The Morgan fingerprint density at radius 3 is 2.83 bits per heavy atom. The highest BCUT2D eigenvalue weighted by atomic mass is 16.5. The highest BCUT2D eigenvalue weighted by Gasteiger charge is 2.11. The van der Waals surface area contributed by atoms with E-state index in [-0.39, 0.29) is 5.91 Å². The maximum Gasteiger partial charge on any atom is 0.255 e. The third-order valence-corrected chi connectivity index (χ3v) is 3.48. The molecule has 0 fully saturated rings. The Labute approximate surface area is 134 Å². The van der Waals surface area contributed by atoms with Crippen LogP contribution in [0, 0.1) is 0 Å². The number of carbonyl (C=O) groups excluding carboxylic acids is 1. The van der Waals surface area contributed by atoms with Gasteiger partial charge in [0.2, 0.25) is 0 Å². The average molecular weight is 307 g/mol. The van der Waals surface area contributed by atoms with Crippen molar-refractivity contribution in [2.24, 2.45) is 0 Å². The summed E-state index contributed by atoms with van der Waals surface area (Å²) in [4.78, 5) is 12.3. The largest absolute Gasteiger partial charge is 0.496 e. The molecule has 0 unspecified atom stereocenters. The zero-order valence-electron chi connectivity index (χ0n) is 12.8. The SMILES string of the molecule is COc1ccccc1C(=O)NCc1cccc(-n2cccn2)c1. The van der Waals surface area contributed by atoms with Crippen molar-refractivity contribution in [3.63, 3.8) is 0 Å². The first-order chi connectivity index (χ1) is 11.3. The van der Waals surface area contributed by atoms with Crippen molar-refractivity contribution in [1.82, 2.24) is 15.1 Å². The number of hydrogen-bond acceptors (Lipinski definition) is 3. The fourth-order valence-electron chi connectivity index (χ4n) is 2.34. The Morgan fingerprint density at radius 1 is 1.17 bits per heavy atom. The Kier molecular flexibility index (Phi) is 4.38. The monoisotopic (exact) mass is 307 g/mol. The van der Waals surface area contributed by atoms with Crippen LogP contribution >= 0.6 is 0 Å². The van der Waals surface area contributed by atoms with Gasteiger partial charge in [0.05, 0.1) is 18.4 Å². The van der Waals surface area contributed by atoms with E-state index in [1.165, 1.54) is 0 Å². The smallest absolute Gasteiger partial charge is 0.255 e. The van der Waals surface area contributed by atoms with Crippen LogP contribution in [0.3, 0.4) is 0 Å². The van der Waals surface area contributed by atoms with Crippen molar-refractivity contribution in [3.05, 3.63) is 78.1 Å². The fraction of sp³-hybridized carbons (Fsp3) is 0.111. The zero-order chi connectivity index (χ0) is 16.1. The van der Waals surface area contributed by atoms with Gasteiger partial charge in [-0.15, -0.1) is 0 Å². The summed E-state index contributed by atoms with van der Waals surface area (Å²) in [5, 5.41) is 7.12. The second-order valence-corrected chi connectivity index (χ2v) is 5.00. The van der Waals surface area contributed by atoms with Crippen LogP contribution in [-0.2, 0) is 6.54 Å². The molecule has 3 aromatic rings. The first kappa shape index (κ1) is 14.8. The molecule has 5 nitrogen and oxygen atoms in total. The third kappa shape index (κ3) is 3.40. The second kappa shape index (κ2) is 6.79. The van der Waals surface area contributed by atoms with Gasteiger partial charge in [0.25, 0.3) is 5.91 Å². The molecule has 0 saturated heterocycles. The van der Waals surface area contributed by atoms with E-state index >= 15 is 0 Å². The molecule has 0 aliphatic rings. The number of hydrogen-bond donors (Lipinski definition) is 1. The number of nitrogens with one attached hydrogen (secondary N) is 1. The summed E-state index contributed by atoms with van der Waals surface area (Å²) >= 11 is 0. The van der Waals surface area contributed by atoms with Crippen molar-refractivity contribution in [3.8, 4) is 11.4 Å². The van der Waals surface area contributed by atoms with Gasteiger partial charge in [0.1, 0.15) is 5.75 Å². The lowest BCUT2D eigenvalue weighted by Gasteiger charge is -2.10. The maximum atomic E-state index is 12.3. The lowest BCUT2D eigenvalue weighted by atomic mass is 10.1. The van der Waals surface area contributed by atoms with Crippen molar-refractivity contribution in [2.75, 3.05) is 7.11 Å². The third-order valence-electron chi connectivity index (χ3n) is 3.48. The Hall–Kier alpha value is -3.08. The minimum Gasteiger partial charge on any atom is -0.496 e. The molecule has 0 spiro atoms. The molecule has 0 saturated carbocycles. The Morgan fingerprint density at radius 2 is 2.04 bits per heavy atom. The number of ether oxygens (including phenoxy) is 1. The lowest BCUT2D eigenvalue weighted by molar-refractivity contribution is 0.0948. The van der Waals surface area contributed by atoms with Gasteiger partial charge in [0.15, 0.2) is 0 Å². The molecule has 116 valence electrons. The van der Waals surface area contributed by atoms with Gasteiger partial charge >= 0.3 is 0 Å². The fourth-order valence-corrected chi connectivity index (χ4v) is 2.34. The highest BCUT2D eigenvalue weighted by Crippen LogP contribution is 2.17. The Bertz CT molecular complexity index is 798. The number of nitrogens with zero attached hydrogens (tertiary/aromatic N) is 2. The van der Waals surface area contributed by atoms with Crippen molar-refractivity contribution in [1.29, 1.82) is 0 Å². The molecule has 1 aromatic heterocycles. The molecule has 2 aromatic carbocycles. The van der Waals surface area contributed by atoms with E-state index in [0.29, 0.717) is 17.9 Å². The van der Waals surface area contributed by atoms with E-state index in [0.717, 1.165) is 11.3 Å². The van der Waals surface area contributed by atoms with Crippen molar-refractivity contribution in [2.45, 2.75) is 6.54 Å². The van der Waals surface area contributed by atoms with E-state index in [9.17, 15) is 4.79 Å². The minimum absolute atomic E-state index is 0.160. The molecular formula is C18H17N3O2. The van der Waals surface area contributed by atoms with Crippen LogP contribution in [0.25, 0.3) is 5.69 Å². The number of methoxy groups -OCH3 is 1. The first-order valence-electron chi connectivity index (χ1n) is 7.28. The standard InChI is InChI=1S/C18H17N3O2/c1-23-17-9-3-2-8-16(17)18(22)19-13-14-6-4-7-15(12-14)21-11-5-10-20-21/h2-12H,13H2,1H3,(H,19,22). The summed E-state index contributed by atoms with van der Waals surface area (Å²) in [6.45, 7) is 0.436. The van der Waals surface area contributed by atoms with E-state index in [1.54, 1.807) is 30.1 Å². The van der Waals surface area contributed by atoms with Gasteiger partial charge in [-0.3, -0.25) is 4.79 Å². The molecule has 23 heavy (non-hydrogen) atoms. The van der Waals surface area contributed by atoms with Crippen LogP contribution in [-0.4, -0.2) is 22.8 Å². The molecule has 0 radical (unpaired) electrons.